The third kappa shape index (κ3) is 3.07. The average molecular weight is 441 g/mol. The van der Waals surface area contributed by atoms with Crippen LogP contribution >= 0.6 is 0 Å². The molecule has 3 aromatic carbocycles. The van der Waals surface area contributed by atoms with Gasteiger partial charge in [-0.3, -0.25) is 4.79 Å². The van der Waals surface area contributed by atoms with E-state index in [9.17, 15) is 14.7 Å². The van der Waals surface area contributed by atoms with E-state index < -0.39 is 5.97 Å². The van der Waals surface area contributed by atoms with Crippen LogP contribution in [0.2, 0.25) is 0 Å². The van der Waals surface area contributed by atoms with Crippen molar-refractivity contribution in [3.8, 4) is 11.3 Å². The Morgan fingerprint density at radius 3 is 2.61 bits per heavy atom. The molecular formula is C25H19N3O5. The molecule has 0 atom stereocenters. The van der Waals surface area contributed by atoms with Crippen LogP contribution in [0.5, 0.6) is 0 Å². The monoisotopic (exact) mass is 441 g/mol. The molecule has 1 aromatic heterocycles. The van der Waals surface area contributed by atoms with E-state index in [1.807, 2.05) is 24.3 Å². The fraction of sp³-hybridized carbons (Fsp3) is 0.160. The first-order chi connectivity index (χ1) is 16.1. The Hall–Kier alpha value is -4.17. The van der Waals surface area contributed by atoms with Crippen LogP contribution in [0.1, 0.15) is 26.3 Å². The molecule has 8 heteroatoms. The van der Waals surface area contributed by atoms with Gasteiger partial charge in [0.15, 0.2) is 11.5 Å². The molecule has 4 aromatic rings. The van der Waals surface area contributed by atoms with Gasteiger partial charge in [-0.05, 0) is 24.3 Å². The number of rotatable bonds is 4. The van der Waals surface area contributed by atoms with Crippen LogP contribution in [0, 0.1) is 0 Å². The van der Waals surface area contributed by atoms with Crippen molar-refractivity contribution in [2.24, 2.45) is 0 Å². The number of hydrogen-bond acceptors (Lipinski definition) is 7. The van der Waals surface area contributed by atoms with Gasteiger partial charge in [0.1, 0.15) is 5.52 Å². The number of ether oxygens (including phenoxy) is 1. The number of nitrogens with zero attached hydrogens (tertiary/aromatic N) is 2. The molecule has 8 nitrogen and oxygen atoms in total. The molecule has 0 saturated carbocycles. The van der Waals surface area contributed by atoms with E-state index in [2.05, 4.69) is 15.4 Å². The molecule has 1 saturated heterocycles. The number of fused-ring (bicyclic) bond motifs is 2. The Morgan fingerprint density at radius 1 is 1.03 bits per heavy atom. The molecular weight excluding hydrogens is 422 g/mol. The Balaban J connectivity index is 1.59. The second-order valence-corrected chi connectivity index (χ2v) is 8.04. The summed E-state index contributed by atoms with van der Waals surface area (Å²) in [4.78, 5) is 27.2. The number of carboxylic acid groups (broad SMARTS) is 1. The van der Waals surface area contributed by atoms with Crippen molar-refractivity contribution in [3.05, 3.63) is 71.3 Å². The first kappa shape index (κ1) is 19.5. The van der Waals surface area contributed by atoms with Gasteiger partial charge in [0.05, 0.1) is 41.1 Å². The standard InChI is InChI=1S/C25H19N3O5/c29-23-16-6-1-2-7-17(16)24-21-20(23)18(26-15-5-3-4-14(12-15)25(30)31)13-19(22(21)27-33-24)28-8-10-32-11-9-28/h1-7,12-13,26H,8-11H2,(H,30,31). The summed E-state index contributed by atoms with van der Waals surface area (Å²) < 4.78 is 11.3. The molecule has 1 aliphatic heterocycles. The quantitative estimate of drug-likeness (QED) is 0.425. The number of ketones is 1. The predicted octanol–water partition coefficient (Wildman–Crippen LogP) is 4.32. The van der Waals surface area contributed by atoms with Crippen molar-refractivity contribution in [2.45, 2.75) is 0 Å². The molecule has 33 heavy (non-hydrogen) atoms. The second-order valence-electron chi connectivity index (χ2n) is 8.04. The summed E-state index contributed by atoms with van der Waals surface area (Å²) in [6, 6.07) is 15.7. The van der Waals surface area contributed by atoms with E-state index in [1.165, 1.54) is 6.07 Å². The Labute approximate surface area is 188 Å². The molecule has 0 spiro atoms. The molecule has 2 heterocycles. The number of nitrogens with one attached hydrogen (secondary N) is 1. The molecule has 1 fully saturated rings. The van der Waals surface area contributed by atoms with Gasteiger partial charge in [0.25, 0.3) is 0 Å². The molecule has 0 radical (unpaired) electrons. The maximum atomic E-state index is 13.6. The smallest absolute Gasteiger partial charge is 0.335 e. The van der Waals surface area contributed by atoms with Crippen LogP contribution < -0.4 is 10.2 Å². The highest BCUT2D eigenvalue weighted by atomic mass is 16.5. The molecule has 0 unspecified atom stereocenters. The van der Waals surface area contributed by atoms with Gasteiger partial charge in [0.2, 0.25) is 0 Å². The lowest BCUT2D eigenvalue weighted by atomic mass is 9.86. The summed E-state index contributed by atoms with van der Waals surface area (Å²) in [5.41, 5.74) is 4.52. The molecule has 6 rings (SSSR count). The third-order valence-electron chi connectivity index (χ3n) is 6.12. The van der Waals surface area contributed by atoms with Gasteiger partial charge in [0, 0.05) is 29.9 Å². The fourth-order valence-electron chi connectivity index (χ4n) is 4.57. The van der Waals surface area contributed by atoms with Crippen LogP contribution in [0.15, 0.2) is 59.1 Å². The van der Waals surface area contributed by atoms with Gasteiger partial charge >= 0.3 is 5.97 Å². The number of aromatic carboxylic acids is 1. The predicted molar refractivity (Wildman–Crippen MR) is 123 cm³/mol. The molecule has 1 aliphatic carbocycles. The van der Waals surface area contributed by atoms with Crippen LogP contribution in [0.3, 0.4) is 0 Å². The molecule has 2 aliphatic rings. The maximum Gasteiger partial charge on any atom is 0.335 e. The van der Waals surface area contributed by atoms with E-state index >= 15 is 0 Å². The van der Waals surface area contributed by atoms with E-state index in [0.29, 0.717) is 65.5 Å². The largest absolute Gasteiger partial charge is 0.478 e. The highest BCUT2D eigenvalue weighted by molar-refractivity contribution is 6.28. The highest BCUT2D eigenvalue weighted by Crippen LogP contribution is 2.46. The molecule has 0 amide bonds. The Morgan fingerprint density at radius 2 is 1.82 bits per heavy atom. The van der Waals surface area contributed by atoms with Gasteiger partial charge in [-0.25, -0.2) is 4.79 Å². The summed E-state index contributed by atoms with van der Waals surface area (Å²) in [5.74, 6) is -0.583. The summed E-state index contributed by atoms with van der Waals surface area (Å²) in [6.45, 7) is 2.57. The number of carboxylic acids is 1. The van der Waals surface area contributed by atoms with Gasteiger partial charge in [-0.1, -0.05) is 35.5 Å². The molecule has 164 valence electrons. The van der Waals surface area contributed by atoms with Gasteiger partial charge in [-0.15, -0.1) is 0 Å². The van der Waals surface area contributed by atoms with Crippen molar-refractivity contribution in [1.29, 1.82) is 0 Å². The number of benzene rings is 3. The highest BCUT2D eigenvalue weighted by Gasteiger charge is 2.34. The lowest BCUT2D eigenvalue weighted by Crippen LogP contribution is -2.36. The van der Waals surface area contributed by atoms with Crippen LogP contribution in [-0.4, -0.2) is 48.3 Å². The Bertz CT molecular complexity index is 1440. The number of aromatic nitrogens is 1. The van der Waals surface area contributed by atoms with Gasteiger partial charge in [-0.2, -0.15) is 0 Å². The zero-order valence-corrected chi connectivity index (χ0v) is 17.5. The number of carbonyl (C=O) groups excluding carboxylic acids is 1. The molecule has 2 N–H and O–H groups in total. The summed E-state index contributed by atoms with van der Waals surface area (Å²) >= 11 is 0. The Kier molecular flexibility index (Phi) is 4.41. The average Bonchev–Trinajstić information content (AvgIpc) is 3.29. The van der Waals surface area contributed by atoms with Gasteiger partial charge < -0.3 is 24.6 Å². The second kappa shape index (κ2) is 7.46. The molecule has 0 bridgehead atoms. The number of hydrogen-bond donors (Lipinski definition) is 2. The zero-order valence-electron chi connectivity index (χ0n) is 17.5. The summed E-state index contributed by atoms with van der Waals surface area (Å²) in [7, 11) is 0. The van der Waals surface area contributed by atoms with Crippen molar-refractivity contribution in [2.75, 3.05) is 36.5 Å². The SMILES string of the molecule is O=C(O)c1cccc(Nc2cc(N3CCOCC3)c3noc4c3c2C(=O)c2ccccc2-4)c1. The van der Waals surface area contributed by atoms with E-state index in [4.69, 9.17) is 9.26 Å². The minimum atomic E-state index is -1.02. The lowest BCUT2D eigenvalue weighted by molar-refractivity contribution is 0.0696. The van der Waals surface area contributed by atoms with E-state index in [1.54, 1.807) is 24.3 Å². The number of carbonyl (C=O) groups is 2. The third-order valence-corrected chi connectivity index (χ3v) is 6.12. The van der Waals surface area contributed by atoms with Crippen LogP contribution in [-0.2, 0) is 4.74 Å². The topological polar surface area (TPSA) is 105 Å². The summed E-state index contributed by atoms with van der Waals surface area (Å²) in [5, 5.41) is 17.7. The first-order valence-electron chi connectivity index (χ1n) is 10.7. The minimum Gasteiger partial charge on any atom is -0.478 e. The number of anilines is 3. The normalized spacial score (nSPS) is 14.9. The number of morpholine rings is 1. The van der Waals surface area contributed by atoms with Crippen molar-refractivity contribution in [3.63, 3.8) is 0 Å². The van der Waals surface area contributed by atoms with Crippen molar-refractivity contribution >= 4 is 39.7 Å². The van der Waals surface area contributed by atoms with E-state index in [-0.39, 0.29) is 11.3 Å². The zero-order chi connectivity index (χ0) is 22.5. The van der Waals surface area contributed by atoms with Crippen LogP contribution in [0.25, 0.3) is 22.2 Å². The van der Waals surface area contributed by atoms with E-state index in [0.717, 1.165) is 11.3 Å². The van der Waals surface area contributed by atoms with Crippen LogP contribution in [0.4, 0.5) is 17.1 Å². The fourth-order valence-corrected chi connectivity index (χ4v) is 4.57. The van der Waals surface area contributed by atoms with Crippen molar-refractivity contribution < 1.29 is 24.0 Å². The van der Waals surface area contributed by atoms with Crippen molar-refractivity contribution in [1.82, 2.24) is 5.16 Å². The first-order valence-corrected chi connectivity index (χ1v) is 10.7. The summed E-state index contributed by atoms with van der Waals surface area (Å²) in [6.07, 6.45) is 0. The lowest BCUT2D eigenvalue weighted by Gasteiger charge is -2.30. The minimum absolute atomic E-state index is 0.128. The maximum absolute atomic E-state index is 13.6.